The van der Waals surface area contributed by atoms with Gasteiger partial charge in [-0.3, -0.25) is 4.79 Å². The molecular weight excluding hydrogens is 371 g/mol. The van der Waals surface area contributed by atoms with Crippen molar-refractivity contribution in [1.82, 2.24) is 19.7 Å². The second-order valence-electron chi connectivity index (χ2n) is 5.09. The van der Waals surface area contributed by atoms with Gasteiger partial charge in [-0.15, -0.1) is 10.2 Å². The molecule has 0 atom stereocenters. The fourth-order valence-electron chi connectivity index (χ4n) is 1.94. The Morgan fingerprint density at radius 2 is 2.17 bits per heavy atom. The highest BCUT2D eigenvalue weighted by molar-refractivity contribution is 7.99. The van der Waals surface area contributed by atoms with Gasteiger partial charge in [0.15, 0.2) is 5.16 Å². The molecular formula is C15H18Cl2N4O2S. The van der Waals surface area contributed by atoms with Crippen LogP contribution in [0, 0.1) is 0 Å². The van der Waals surface area contributed by atoms with Crippen LogP contribution >= 0.6 is 35.0 Å². The molecule has 0 radical (unpaired) electrons. The average molecular weight is 389 g/mol. The van der Waals surface area contributed by atoms with Crippen LogP contribution < -0.4 is 0 Å². The second-order valence-corrected chi connectivity index (χ2v) is 6.84. The normalized spacial score (nSPS) is 10.8. The van der Waals surface area contributed by atoms with Crippen LogP contribution in [-0.4, -0.2) is 52.1 Å². The smallest absolute Gasteiger partial charge is 0.233 e. The van der Waals surface area contributed by atoms with Gasteiger partial charge in [0.1, 0.15) is 6.33 Å². The lowest BCUT2D eigenvalue weighted by atomic mass is 10.2. The Labute approximate surface area is 155 Å². The van der Waals surface area contributed by atoms with Crippen LogP contribution in [-0.2, 0) is 22.6 Å². The highest BCUT2D eigenvalue weighted by Gasteiger charge is 2.13. The van der Waals surface area contributed by atoms with E-state index in [1.807, 2.05) is 10.6 Å². The summed E-state index contributed by atoms with van der Waals surface area (Å²) in [5, 5.41) is 9.57. The van der Waals surface area contributed by atoms with E-state index in [9.17, 15) is 4.79 Å². The summed E-state index contributed by atoms with van der Waals surface area (Å²) in [4.78, 5) is 13.9. The Morgan fingerprint density at radius 3 is 2.88 bits per heavy atom. The number of aromatic nitrogens is 3. The predicted molar refractivity (Wildman–Crippen MR) is 95.6 cm³/mol. The number of benzene rings is 1. The number of halogens is 2. The molecule has 9 heteroatoms. The highest BCUT2D eigenvalue weighted by atomic mass is 35.5. The Balaban J connectivity index is 1.87. The summed E-state index contributed by atoms with van der Waals surface area (Å²) in [5.41, 5.74) is 0.925. The number of ether oxygens (including phenoxy) is 1. The Bertz CT molecular complexity index is 696. The molecule has 24 heavy (non-hydrogen) atoms. The first kappa shape index (κ1) is 19.1. The van der Waals surface area contributed by atoms with Crippen molar-refractivity contribution in [1.29, 1.82) is 0 Å². The van der Waals surface area contributed by atoms with E-state index in [0.29, 0.717) is 34.9 Å². The van der Waals surface area contributed by atoms with Crippen LogP contribution in [0.4, 0.5) is 0 Å². The van der Waals surface area contributed by atoms with Gasteiger partial charge in [-0.05, 0) is 17.7 Å². The third-order valence-corrected chi connectivity index (χ3v) is 4.98. The Kier molecular flexibility index (Phi) is 7.36. The highest BCUT2D eigenvalue weighted by Crippen LogP contribution is 2.23. The Hall–Kier alpha value is -1.28. The van der Waals surface area contributed by atoms with Gasteiger partial charge in [0, 0.05) is 27.2 Å². The lowest BCUT2D eigenvalue weighted by Gasteiger charge is -2.17. The molecule has 0 saturated heterocycles. The predicted octanol–water partition coefficient (Wildman–Crippen LogP) is 2.98. The number of rotatable bonds is 8. The molecule has 0 fully saturated rings. The van der Waals surface area contributed by atoms with Crippen molar-refractivity contribution in [3.05, 3.63) is 40.1 Å². The molecule has 2 rings (SSSR count). The third kappa shape index (κ3) is 5.37. The van der Waals surface area contributed by atoms with Crippen molar-refractivity contribution in [3.63, 3.8) is 0 Å². The molecule has 1 amide bonds. The third-order valence-electron chi connectivity index (χ3n) is 3.27. The van der Waals surface area contributed by atoms with Crippen molar-refractivity contribution in [3.8, 4) is 0 Å². The summed E-state index contributed by atoms with van der Waals surface area (Å²) < 4.78 is 6.90. The van der Waals surface area contributed by atoms with Gasteiger partial charge in [-0.1, -0.05) is 41.0 Å². The molecule has 0 bridgehead atoms. The van der Waals surface area contributed by atoms with Crippen LogP contribution in [0.15, 0.2) is 29.7 Å². The van der Waals surface area contributed by atoms with Crippen molar-refractivity contribution in [2.45, 2.75) is 18.2 Å². The molecule has 1 aromatic heterocycles. The summed E-state index contributed by atoms with van der Waals surface area (Å²) in [5.74, 6) is 0.274. The molecule has 130 valence electrons. The molecule has 0 unspecified atom stereocenters. The minimum Gasteiger partial charge on any atom is -0.383 e. The first-order valence-electron chi connectivity index (χ1n) is 7.18. The largest absolute Gasteiger partial charge is 0.383 e. The molecule has 2 aromatic rings. The van der Waals surface area contributed by atoms with Crippen LogP contribution in [0.1, 0.15) is 5.56 Å². The van der Waals surface area contributed by atoms with Gasteiger partial charge in [0.2, 0.25) is 5.91 Å². The van der Waals surface area contributed by atoms with E-state index in [-0.39, 0.29) is 11.7 Å². The monoisotopic (exact) mass is 388 g/mol. The first-order valence-corrected chi connectivity index (χ1v) is 8.93. The molecule has 0 aliphatic rings. The summed E-state index contributed by atoms with van der Waals surface area (Å²) in [6.45, 7) is 1.68. The quantitative estimate of drug-likeness (QED) is 0.650. The van der Waals surface area contributed by atoms with E-state index in [0.717, 1.165) is 5.56 Å². The Morgan fingerprint density at radius 1 is 1.38 bits per heavy atom. The zero-order chi connectivity index (χ0) is 17.5. The number of nitrogens with zero attached hydrogens (tertiary/aromatic N) is 4. The van der Waals surface area contributed by atoms with Crippen LogP contribution in [0.25, 0.3) is 0 Å². The maximum Gasteiger partial charge on any atom is 0.233 e. The molecule has 0 spiro atoms. The molecule has 6 nitrogen and oxygen atoms in total. The average Bonchev–Trinajstić information content (AvgIpc) is 3.01. The number of hydrogen-bond donors (Lipinski definition) is 0. The van der Waals surface area contributed by atoms with Crippen LogP contribution in [0.2, 0.25) is 10.0 Å². The van der Waals surface area contributed by atoms with Gasteiger partial charge < -0.3 is 14.2 Å². The molecule has 0 saturated carbocycles. The van der Waals surface area contributed by atoms with E-state index < -0.39 is 0 Å². The zero-order valence-corrected chi connectivity index (χ0v) is 15.7. The topological polar surface area (TPSA) is 60.2 Å². The van der Waals surface area contributed by atoms with Crippen molar-refractivity contribution < 1.29 is 9.53 Å². The van der Waals surface area contributed by atoms with Crippen LogP contribution in [0.3, 0.4) is 0 Å². The maximum atomic E-state index is 12.3. The van der Waals surface area contributed by atoms with Gasteiger partial charge in [-0.2, -0.15) is 0 Å². The number of methoxy groups -OCH3 is 1. The van der Waals surface area contributed by atoms with Gasteiger partial charge in [-0.25, -0.2) is 0 Å². The number of hydrogen-bond acceptors (Lipinski definition) is 5. The zero-order valence-electron chi connectivity index (χ0n) is 13.4. The van der Waals surface area contributed by atoms with E-state index in [1.165, 1.54) is 11.8 Å². The van der Waals surface area contributed by atoms with E-state index in [4.69, 9.17) is 27.9 Å². The number of thioether (sulfide) groups is 1. The lowest BCUT2D eigenvalue weighted by Crippen LogP contribution is -2.28. The molecule has 0 aliphatic heterocycles. The number of carbonyl (C=O) groups is 1. The van der Waals surface area contributed by atoms with Crippen LogP contribution in [0.5, 0.6) is 0 Å². The molecule has 1 aromatic carbocycles. The van der Waals surface area contributed by atoms with Crippen molar-refractivity contribution in [2.75, 3.05) is 26.5 Å². The maximum absolute atomic E-state index is 12.3. The molecule has 1 heterocycles. The fourth-order valence-corrected chi connectivity index (χ4v) is 3.14. The fraction of sp³-hybridized carbons (Fsp3) is 0.400. The molecule has 0 N–H and O–H groups in total. The number of carbonyl (C=O) groups excluding carboxylic acids is 1. The van der Waals surface area contributed by atoms with E-state index in [2.05, 4.69) is 10.2 Å². The standard InChI is InChI=1S/C15H18Cl2N4O2S/c1-20(8-11-3-4-12(16)13(17)7-11)14(22)9-24-15-19-18-10-21(15)5-6-23-2/h3-4,7,10H,5-6,8-9H2,1-2H3. The van der Waals surface area contributed by atoms with E-state index in [1.54, 1.807) is 37.5 Å². The summed E-state index contributed by atoms with van der Waals surface area (Å²) >= 11 is 13.2. The van der Waals surface area contributed by atoms with E-state index >= 15 is 0 Å². The van der Waals surface area contributed by atoms with Crippen molar-refractivity contribution >= 4 is 40.9 Å². The SMILES string of the molecule is COCCn1cnnc1SCC(=O)N(C)Cc1ccc(Cl)c(Cl)c1. The molecule has 0 aliphatic carbocycles. The van der Waals surface area contributed by atoms with Gasteiger partial charge in [0.25, 0.3) is 0 Å². The summed E-state index contributed by atoms with van der Waals surface area (Å²) in [6, 6.07) is 5.35. The van der Waals surface area contributed by atoms with Gasteiger partial charge in [0.05, 0.1) is 22.4 Å². The number of amides is 1. The summed E-state index contributed by atoms with van der Waals surface area (Å²) in [7, 11) is 3.39. The first-order chi connectivity index (χ1) is 11.5. The van der Waals surface area contributed by atoms with Gasteiger partial charge >= 0.3 is 0 Å². The summed E-state index contributed by atoms with van der Waals surface area (Å²) in [6.07, 6.45) is 1.63. The minimum absolute atomic E-state index is 0.00707. The lowest BCUT2D eigenvalue weighted by molar-refractivity contribution is -0.127. The second kappa shape index (κ2) is 9.27. The van der Waals surface area contributed by atoms with Crippen molar-refractivity contribution in [2.24, 2.45) is 0 Å². The minimum atomic E-state index is -0.00707.